The predicted molar refractivity (Wildman–Crippen MR) is 81.4 cm³/mol. The Kier molecular flexibility index (Phi) is 5.82. The Balaban J connectivity index is 2.01. The molecule has 0 aliphatic carbocycles. The fourth-order valence-corrected chi connectivity index (χ4v) is 2.70. The molecule has 132 valence electrons. The quantitative estimate of drug-likeness (QED) is 0.804. The SMILES string of the molecule is C[C@@H]1C(=O)NCCCN1C(=O)CC(N)Cc1cc(F)c(F)cc1F. The average Bonchev–Trinajstić information content (AvgIpc) is 2.67. The van der Waals surface area contributed by atoms with Crippen LogP contribution in [0.3, 0.4) is 0 Å². The van der Waals surface area contributed by atoms with Crippen LogP contribution in [0.5, 0.6) is 0 Å². The van der Waals surface area contributed by atoms with Crippen LogP contribution >= 0.6 is 0 Å². The summed E-state index contributed by atoms with van der Waals surface area (Å²) in [6, 6.07) is -0.167. The van der Waals surface area contributed by atoms with Crippen molar-refractivity contribution >= 4 is 11.8 Å². The maximum atomic E-state index is 13.6. The van der Waals surface area contributed by atoms with Gasteiger partial charge in [0.2, 0.25) is 11.8 Å². The summed E-state index contributed by atoms with van der Waals surface area (Å²) in [4.78, 5) is 25.5. The molecule has 0 bridgehead atoms. The Hall–Kier alpha value is -2.09. The Morgan fingerprint density at radius 3 is 2.71 bits per heavy atom. The minimum Gasteiger partial charge on any atom is -0.354 e. The van der Waals surface area contributed by atoms with Gasteiger partial charge in [0.25, 0.3) is 0 Å². The molecule has 1 saturated heterocycles. The van der Waals surface area contributed by atoms with Crippen LogP contribution in [0.2, 0.25) is 0 Å². The van der Waals surface area contributed by atoms with Gasteiger partial charge in [0, 0.05) is 31.6 Å². The van der Waals surface area contributed by atoms with E-state index in [9.17, 15) is 22.8 Å². The standard InChI is InChI=1S/C16H20F3N3O2/c1-9-16(24)21-3-2-4-22(9)15(23)7-11(20)5-10-6-13(18)14(19)8-12(10)17/h6,8-9,11H,2-5,7,20H2,1H3,(H,21,24)/t9-,11?/m1/s1. The van der Waals surface area contributed by atoms with Crippen LogP contribution in [0.4, 0.5) is 13.2 Å². The molecule has 1 unspecified atom stereocenters. The molecule has 5 nitrogen and oxygen atoms in total. The molecule has 0 aromatic heterocycles. The maximum absolute atomic E-state index is 13.6. The van der Waals surface area contributed by atoms with Gasteiger partial charge in [-0.2, -0.15) is 0 Å². The average molecular weight is 343 g/mol. The fourth-order valence-electron chi connectivity index (χ4n) is 2.70. The number of benzene rings is 1. The molecule has 0 radical (unpaired) electrons. The first-order chi connectivity index (χ1) is 11.3. The molecular weight excluding hydrogens is 323 g/mol. The molecule has 8 heteroatoms. The number of nitrogens with zero attached hydrogens (tertiary/aromatic N) is 1. The van der Waals surface area contributed by atoms with Gasteiger partial charge in [-0.3, -0.25) is 9.59 Å². The Labute approximate surface area is 138 Å². The predicted octanol–water partition coefficient (Wildman–Crippen LogP) is 1.10. The van der Waals surface area contributed by atoms with Crippen molar-refractivity contribution in [2.45, 2.75) is 38.3 Å². The van der Waals surface area contributed by atoms with Crippen LogP contribution in [0.15, 0.2) is 12.1 Å². The van der Waals surface area contributed by atoms with E-state index in [2.05, 4.69) is 5.32 Å². The van der Waals surface area contributed by atoms with E-state index >= 15 is 0 Å². The molecule has 1 aromatic carbocycles. The zero-order valence-corrected chi connectivity index (χ0v) is 13.3. The number of hydrogen-bond acceptors (Lipinski definition) is 3. The number of halogens is 3. The van der Waals surface area contributed by atoms with E-state index in [-0.39, 0.29) is 30.2 Å². The number of amides is 2. The lowest BCUT2D eigenvalue weighted by atomic mass is 10.0. The van der Waals surface area contributed by atoms with Gasteiger partial charge in [0.1, 0.15) is 11.9 Å². The summed E-state index contributed by atoms with van der Waals surface area (Å²) in [5.74, 6) is -3.90. The Bertz CT molecular complexity index is 639. The van der Waals surface area contributed by atoms with Gasteiger partial charge in [0.05, 0.1) is 0 Å². The number of rotatable bonds is 4. The first-order valence-corrected chi connectivity index (χ1v) is 7.75. The van der Waals surface area contributed by atoms with Gasteiger partial charge in [-0.1, -0.05) is 0 Å². The second kappa shape index (κ2) is 7.65. The number of hydrogen-bond donors (Lipinski definition) is 2. The second-order valence-corrected chi connectivity index (χ2v) is 5.93. The molecule has 24 heavy (non-hydrogen) atoms. The molecule has 2 rings (SSSR count). The summed E-state index contributed by atoms with van der Waals surface area (Å²) in [7, 11) is 0. The van der Waals surface area contributed by atoms with E-state index in [0.717, 1.165) is 6.07 Å². The third kappa shape index (κ3) is 4.25. The van der Waals surface area contributed by atoms with Gasteiger partial charge in [-0.25, -0.2) is 13.2 Å². The number of carbonyl (C=O) groups is 2. The van der Waals surface area contributed by atoms with Crippen LogP contribution in [0.25, 0.3) is 0 Å². The largest absolute Gasteiger partial charge is 0.354 e. The topological polar surface area (TPSA) is 75.4 Å². The van der Waals surface area contributed by atoms with Crippen LogP contribution in [-0.2, 0) is 16.0 Å². The molecule has 0 spiro atoms. The summed E-state index contributed by atoms with van der Waals surface area (Å²) in [5.41, 5.74) is 5.77. The minimum atomic E-state index is -1.27. The smallest absolute Gasteiger partial charge is 0.242 e. The number of nitrogens with one attached hydrogen (secondary N) is 1. The monoisotopic (exact) mass is 343 g/mol. The number of carbonyl (C=O) groups excluding carboxylic acids is 2. The third-order valence-corrected chi connectivity index (χ3v) is 4.05. The lowest BCUT2D eigenvalue weighted by molar-refractivity contribution is -0.139. The van der Waals surface area contributed by atoms with Crippen molar-refractivity contribution in [3.05, 3.63) is 35.1 Å². The van der Waals surface area contributed by atoms with Crippen molar-refractivity contribution in [1.29, 1.82) is 0 Å². The van der Waals surface area contributed by atoms with Crippen molar-refractivity contribution in [3.63, 3.8) is 0 Å². The van der Waals surface area contributed by atoms with E-state index in [1.54, 1.807) is 6.92 Å². The highest BCUT2D eigenvalue weighted by Crippen LogP contribution is 2.16. The lowest BCUT2D eigenvalue weighted by Gasteiger charge is -2.26. The third-order valence-electron chi connectivity index (χ3n) is 4.05. The van der Waals surface area contributed by atoms with E-state index < -0.39 is 29.5 Å². The van der Waals surface area contributed by atoms with E-state index in [0.29, 0.717) is 25.6 Å². The fraction of sp³-hybridized carbons (Fsp3) is 0.500. The van der Waals surface area contributed by atoms with Crippen molar-refractivity contribution in [2.75, 3.05) is 13.1 Å². The van der Waals surface area contributed by atoms with Crippen molar-refractivity contribution in [2.24, 2.45) is 5.73 Å². The lowest BCUT2D eigenvalue weighted by Crippen LogP contribution is -2.46. The molecule has 1 aliphatic heterocycles. The molecule has 2 atom stereocenters. The molecule has 3 N–H and O–H groups in total. The zero-order chi connectivity index (χ0) is 17.9. The van der Waals surface area contributed by atoms with Gasteiger partial charge >= 0.3 is 0 Å². The summed E-state index contributed by atoms with van der Waals surface area (Å²) in [6.07, 6.45) is 0.411. The minimum absolute atomic E-state index is 0.0872. The van der Waals surface area contributed by atoms with Crippen LogP contribution in [-0.4, -0.2) is 41.9 Å². The summed E-state index contributed by atoms with van der Waals surface area (Å²) >= 11 is 0. The first kappa shape index (κ1) is 18.3. The second-order valence-electron chi connectivity index (χ2n) is 5.93. The zero-order valence-electron chi connectivity index (χ0n) is 13.3. The summed E-state index contributed by atoms with van der Waals surface area (Å²) in [6.45, 7) is 2.54. The molecule has 1 aliphatic rings. The molecule has 1 fully saturated rings. The van der Waals surface area contributed by atoms with Gasteiger partial charge in [-0.05, 0) is 31.4 Å². The van der Waals surface area contributed by atoms with E-state index in [1.165, 1.54) is 4.90 Å². The van der Waals surface area contributed by atoms with Crippen molar-refractivity contribution < 1.29 is 22.8 Å². The summed E-state index contributed by atoms with van der Waals surface area (Å²) in [5, 5.41) is 2.70. The van der Waals surface area contributed by atoms with Crippen LogP contribution in [0, 0.1) is 17.5 Å². The van der Waals surface area contributed by atoms with Crippen LogP contribution in [0.1, 0.15) is 25.3 Å². The molecule has 2 amide bonds. The van der Waals surface area contributed by atoms with Gasteiger partial charge in [0.15, 0.2) is 11.6 Å². The van der Waals surface area contributed by atoms with Crippen LogP contribution < -0.4 is 11.1 Å². The summed E-state index contributed by atoms with van der Waals surface area (Å²) < 4.78 is 39.8. The highest BCUT2D eigenvalue weighted by molar-refractivity contribution is 5.87. The van der Waals surface area contributed by atoms with Crippen molar-refractivity contribution in [1.82, 2.24) is 10.2 Å². The number of nitrogens with two attached hydrogens (primary N) is 1. The van der Waals surface area contributed by atoms with E-state index in [4.69, 9.17) is 5.73 Å². The molecule has 1 aromatic rings. The Morgan fingerprint density at radius 1 is 1.33 bits per heavy atom. The molecule has 0 saturated carbocycles. The molecular formula is C16H20F3N3O2. The highest BCUT2D eigenvalue weighted by atomic mass is 19.2. The van der Waals surface area contributed by atoms with Gasteiger partial charge < -0.3 is 16.0 Å². The first-order valence-electron chi connectivity index (χ1n) is 7.75. The maximum Gasteiger partial charge on any atom is 0.242 e. The van der Waals surface area contributed by atoms with Gasteiger partial charge in [-0.15, -0.1) is 0 Å². The van der Waals surface area contributed by atoms with Crippen molar-refractivity contribution in [3.8, 4) is 0 Å². The van der Waals surface area contributed by atoms with E-state index in [1.807, 2.05) is 0 Å². The Morgan fingerprint density at radius 2 is 2.00 bits per heavy atom. The highest BCUT2D eigenvalue weighted by Gasteiger charge is 2.28. The molecule has 1 heterocycles. The normalized spacial score (nSPS) is 19.6.